The molecule has 0 aliphatic carbocycles. The van der Waals surface area contributed by atoms with Crippen LogP contribution in [0.1, 0.15) is 12.0 Å². The number of anilines is 3. The SMILES string of the molecule is O=C1CSc2cc(Nc3cccc(C(F)F)c3)ccc2N1. The van der Waals surface area contributed by atoms with Gasteiger partial charge in [0.15, 0.2) is 0 Å². The molecule has 1 aliphatic heterocycles. The van der Waals surface area contributed by atoms with E-state index in [4.69, 9.17) is 0 Å². The average Bonchev–Trinajstić information content (AvgIpc) is 2.48. The number of halogens is 2. The maximum absolute atomic E-state index is 12.7. The maximum Gasteiger partial charge on any atom is 0.263 e. The fourth-order valence-electron chi connectivity index (χ4n) is 2.07. The predicted molar refractivity (Wildman–Crippen MR) is 80.5 cm³/mol. The van der Waals surface area contributed by atoms with E-state index in [1.54, 1.807) is 24.3 Å². The Bertz CT molecular complexity index is 691. The Balaban J connectivity index is 1.82. The lowest BCUT2D eigenvalue weighted by atomic mass is 10.2. The van der Waals surface area contributed by atoms with E-state index in [9.17, 15) is 13.6 Å². The summed E-state index contributed by atoms with van der Waals surface area (Å²) in [7, 11) is 0. The van der Waals surface area contributed by atoms with Gasteiger partial charge >= 0.3 is 0 Å². The van der Waals surface area contributed by atoms with Gasteiger partial charge < -0.3 is 10.6 Å². The number of thioether (sulfide) groups is 1. The summed E-state index contributed by atoms with van der Waals surface area (Å²) in [6.45, 7) is 0. The van der Waals surface area contributed by atoms with Crippen LogP contribution in [0.15, 0.2) is 47.4 Å². The van der Waals surface area contributed by atoms with Crippen LogP contribution in [0.4, 0.5) is 25.8 Å². The third-order valence-electron chi connectivity index (χ3n) is 3.04. The molecule has 0 bridgehead atoms. The highest BCUT2D eigenvalue weighted by Gasteiger charge is 2.15. The second-order valence-electron chi connectivity index (χ2n) is 4.60. The minimum absolute atomic E-state index is 0.0143. The zero-order valence-corrected chi connectivity index (χ0v) is 11.7. The molecule has 0 spiro atoms. The minimum atomic E-state index is -2.49. The Morgan fingerprint density at radius 2 is 1.95 bits per heavy atom. The second kappa shape index (κ2) is 5.73. The summed E-state index contributed by atoms with van der Waals surface area (Å²) >= 11 is 1.46. The van der Waals surface area contributed by atoms with Gasteiger partial charge in [-0.3, -0.25) is 4.79 Å². The highest BCUT2D eigenvalue weighted by atomic mass is 32.2. The highest BCUT2D eigenvalue weighted by Crippen LogP contribution is 2.34. The van der Waals surface area contributed by atoms with E-state index in [2.05, 4.69) is 10.6 Å². The summed E-state index contributed by atoms with van der Waals surface area (Å²) in [4.78, 5) is 12.2. The molecule has 0 saturated carbocycles. The monoisotopic (exact) mass is 306 g/mol. The molecule has 2 aromatic rings. The van der Waals surface area contributed by atoms with Crippen LogP contribution >= 0.6 is 11.8 Å². The van der Waals surface area contributed by atoms with E-state index in [-0.39, 0.29) is 11.5 Å². The fourth-order valence-corrected chi connectivity index (χ4v) is 2.91. The van der Waals surface area contributed by atoms with E-state index in [1.807, 2.05) is 6.07 Å². The zero-order valence-electron chi connectivity index (χ0n) is 10.9. The average molecular weight is 306 g/mol. The van der Waals surface area contributed by atoms with Gasteiger partial charge in [-0.2, -0.15) is 0 Å². The van der Waals surface area contributed by atoms with Gasteiger partial charge in [0.05, 0.1) is 11.4 Å². The molecule has 108 valence electrons. The van der Waals surface area contributed by atoms with Crippen molar-refractivity contribution in [2.75, 3.05) is 16.4 Å². The normalized spacial score (nSPS) is 13.8. The van der Waals surface area contributed by atoms with Crippen LogP contribution in [0.2, 0.25) is 0 Å². The van der Waals surface area contributed by atoms with Gasteiger partial charge in [-0.1, -0.05) is 12.1 Å². The Labute approximate surface area is 124 Å². The number of hydrogen-bond acceptors (Lipinski definition) is 3. The molecule has 1 heterocycles. The standard InChI is InChI=1S/C15H12F2N2OS/c16-15(17)9-2-1-3-10(6-9)18-11-4-5-12-13(7-11)21-8-14(20)19-12/h1-7,15,18H,8H2,(H,19,20). The van der Waals surface area contributed by atoms with Gasteiger partial charge in [-0.05, 0) is 30.3 Å². The molecule has 2 N–H and O–H groups in total. The van der Waals surface area contributed by atoms with Crippen molar-refractivity contribution in [3.05, 3.63) is 48.0 Å². The van der Waals surface area contributed by atoms with Crippen molar-refractivity contribution in [3.63, 3.8) is 0 Å². The van der Waals surface area contributed by atoms with Crippen molar-refractivity contribution in [2.45, 2.75) is 11.3 Å². The van der Waals surface area contributed by atoms with Gasteiger partial charge in [-0.15, -0.1) is 11.8 Å². The van der Waals surface area contributed by atoms with E-state index >= 15 is 0 Å². The van der Waals surface area contributed by atoms with Gasteiger partial charge in [0.25, 0.3) is 6.43 Å². The Kier molecular flexibility index (Phi) is 3.79. The summed E-state index contributed by atoms with van der Waals surface area (Å²) in [6, 6.07) is 11.7. The number of amides is 1. The van der Waals surface area contributed by atoms with Gasteiger partial charge in [0.1, 0.15) is 0 Å². The first-order valence-corrected chi connectivity index (χ1v) is 7.32. The molecule has 0 aromatic heterocycles. The zero-order chi connectivity index (χ0) is 14.8. The number of fused-ring (bicyclic) bond motifs is 1. The molecule has 0 atom stereocenters. The number of carbonyl (C=O) groups excluding carboxylic acids is 1. The Morgan fingerprint density at radius 3 is 2.76 bits per heavy atom. The lowest BCUT2D eigenvalue weighted by molar-refractivity contribution is -0.113. The van der Waals surface area contributed by atoms with E-state index < -0.39 is 6.43 Å². The van der Waals surface area contributed by atoms with E-state index in [0.717, 1.165) is 16.3 Å². The molecule has 0 unspecified atom stereocenters. The van der Waals surface area contributed by atoms with E-state index in [1.165, 1.54) is 23.9 Å². The van der Waals surface area contributed by atoms with Gasteiger partial charge in [0, 0.05) is 21.8 Å². The number of rotatable bonds is 3. The second-order valence-corrected chi connectivity index (χ2v) is 5.62. The summed E-state index contributed by atoms with van der Waals surface area (Å²) in [6.07, 6.45) is -2.49. The van der Waals surface area contributed by atoms with Crippen LogP contribution in [0.25, 0.3) is 0 Å². The molecule has 1 aliphatic rings. The summed E-state index contributed by atoms with van der Waals surface area (Å²) in [5.74, 6) is 0.370. The number of hydrogen-bond donors (Lipinski definition) is 2. The molecule has 3 rings (SSSR count). The molecule has 0 saturated heterocycles. The molecular formula is C15H12F2N2OS. The quantitative estimate of drug-likeness (QED) is 0.882. The topological polar surface area (TPSA) is 41.1 Å². The summed E-state index contributed by atoms with van der Waals surface area (Å²) in [5, 5.41) is 5.89. The number of carbonyl (C=O) groups is 1. The highest BCUT2D eigenvalue weighted by molar-refractivity contribution is 8.00. The third-order valence-corrected chi connectivity index (χ3v) is 4.10. The number of alkyl halides is 2. The molecule has 0 fully saturated rings. The van der Waals surface area contributed by atoms with E-state index in [0.29, 0.717) is 11.4 Å². The summed E-state index contributed by atoms with van der Waals surface area (Å²) in [5.41, 5.74) is 2.17. The van der Waals surface area contributed by atoms with Crippen molar-refractivity contribution in [3.8, 4) is 0 Å². The first-order valence-electron chi connectivity index (χ1n) is 6.33. The molecule has 3 nitrogen and oxygen atoms in total. The smallest absolute Gasteiger partial charge is 0.263 e. The van der Waals surface area contributed by atoms with Crippen molar-refractivity contribution in [1.82, 2.24) is 0 Å². The fraction of sp³-hybridized carbons (Fsp3) is 0.133. The Morgan fingerprint density at radius 1 is 1.14 bits per heavy atom. The van der Waals surface area contributed by atoms with Crippen LogP contribution in [-0.2, 0) is 4.79 Å². The summed E-state index contributed by atoms with van der Waals surface area (Å²) < 4.78 is 25.4. The van der Waals surface area contributed by atoms with Crippen molar-refractivity contribution in [1.29, 1.82) is 0 Å². The van der Waals surface area contributed by atoms with Crippen LogP contribution in [-0.4, -0.2) is 11.7 Å². The lowest BCUT2D eigenvalue weighted by Gasteiger charge is -2.17. The number of benzene rings is 2. The lowest BCUT2D eigenvalue weighted by Crippen LogP contribution is -2.18. The van der Waals surface area contributed by atoms with Crippen molar-refractivity contribution >= 4 is 34.7 Å². The van der Waals surface area contributed by atoms with Crippen LogP contribution in [0.5, 0.6) is 0 Å². The minimum Gasteiger partial charge on any atom is -0.355 e. The van der Waals surface area contributed by atoms with Crippen LogP contribution < -0.4 is 10.6 Å². The molecule has 6 heteroatoms. The molecule has 1 amide bonds. The first-order chi connectivity index (χ1) is 10.1. The molecular weight excluding hydrogens is 294 g/mol. The Hall–Kier alpha value is -2.08. The largest absolute Gasteiger partial charge is 0.355 e. The van der Waals surface area contributed by atoms with Gasteiger partial charge in [0.2, 0.25) is 5.91 Å². The predicted octanol–water partition coefficient (Wildman–Crippen LogP) is 4.41. The molecule has 21 heavy (non-hydrogen) atoms. The van der Waals surface area contributed by atoms with Crippen LogP contribution in [0, 0.1) is 0 Å². The first kappa shape index (κ1) is 13.9. The van der Waals surface area contributed by atoms with Crippen molar-refractivity contribution in [2.24, 2.45) is 0 Å². The van der Waals surface area contributed by atoms with Gasteiger partial charge in [-0.25, -0.2) is 8.78 Å². The van der Waals surface area contributed by atoms with Crippen LogP contribution in [0.3, 0.4) is 0 Å². The third kappa shape index (κ3) is 3.16. The molecule has 2 aromatic carbocycles. The molecule has 0 radical (unpaired) electrons. The maximum atomic E-state index is 12.7. The number of nitrogens with one attached hydrogen (secondary N) is 2. The van der Waals surface area contributed by atoms with Crippen molar-refractivity contribution < 1.29 is 13.6 Å².